The van der Waals surface area contributed by atoms with Crippen molar-refractivity contribution in [1.82, 2.24) is 4.90 Å². The van der Waals surface area contributed by atoms with Gasteiger partial charge in [-0.25, -0.2) is 0 Å². The number of benzene rings is 2. The molecule has 0 bridgehead atoms. The summed E-state index contributed by atoms with van der Waals surface area (Å²) >= 11 is 5.78. The number of nitrogens with one attached hydrogen (secondary N) is 1. The summed E-state index contributed by atoms with van der Waals surface area (Å²) in [5.74, 6) is 0.0443. The van der Waals surface area contributed by atoms with Crippen LogP contribution in [0.3, 0.4) is 0 Å². The number of carbonyl (C=O) groups excluding carboxylic acids is 2. The summed E-state index contributed by atoms with van der Waals surface area (Å²) in [6.07, 6.45) is 0. The zero-order valence-electron chi connectivity index (χ0n) is 12.7. The highest BCUT2D eigenvalue weighted by atomic mass is 35.5. The van der Waals surface area contributed by atoms with Crippen LogP contribution >= 0.6 is 11.6 Å². The number of amides is 2. The van der Waals surface area contributed by atoms with Crippen molar-refractivity contribution in [2.24, 2.45) is 0 Å². The molecule has 0 spiro atoms. The summed E-state index contributed by atoms with van der Waals surface area (Å²) in [5, 5.41) is 3.29. The van der Waals surface area contributed by atoms with Crippen molar-refractivity contribution in [3.63, 3.8) is 0 Å². The molecule has 1 N–H and O–H groups in total. The number of para-hydroxylation sites is 1. The maximum atomic E-state index is 12.0. The molecule has 2 aromatic rings. The summed E-state index contributed by atoms with van der Waals surface area (Å²) < 4.78 is 5.36. The van der Waals surface area contributed by atoms with Crippen LogP contribution in [-0.2, 0) is 9.59 Å². The van der Waals surface area contributed by atoms with Gasteiger partial charge in [0.1, 0.15) is 5.75 Å². The molecular formula is C17H17ClN2O3. The first-order valence-electron chi connectivity index (χ1n) is 7.02. The van der Waals surface area contributed by atoms with E-state index in [2.05, 4.69) is 5.32 Å². The average molecular weight is 333 g/mol. The SMILES string of the molecule is CN(CC(=O)Nc1ccc(Cl)cc1)C(=O)COc1ccccc1. The minimum atomic E-state index is -0.289. The molecule has 2 rings (SSSR count). The van der Waals surface area contributed by atoms with Gasteiger partial charge in [0.2, 0.25) is 5.91 Å². The molecule has 0 heterocycles. The van der Waals surface area contributed by atoms with E-state index >= 15 is 0 Å². The molecule has 0 unspecified atom stereocenters. The molecule has 120 valence electrons. The molecule has 2 aromatic carbocycles. The van der Waals surface area contributed by atoms with Gasteiger partial charge in [-0.05, 0) is 36.4 Å². The van der Waals surface area contributed by atoms with Crippen LogP contribution in [0.1, 0.15) is 0 Å². The fraction of sp³-hybridized carbons (Fsp3) is 0.176. The Labute approximate surface area is 139 Å². The number of carbonyl (C=O) groups is 2. The van der Waals surface area contributed by atoms with E-state index in [1.807, 2.05) is 18.2 Å². The highest BCUT2D eigenvalue weighted by molar-refractivity contribution is 6.30. The number of ether oxygens (including phenoxy) is 1. The average Bonchev–Trinajstić information content (AvgIpc) is 2.55. The van der Waals surface area contributed by atoms with Crippen LogP contribution in [-0.4, -0.2) is 36.9 Å². The quantitative estimate of drug-likeness (QED) is 0.885. The topological polar surface area (TPSA) is 58.6 Å². The van der Waals surface area contributed by atoms with Crippen LogP contribution in [0.15, 0.2) is 54.6 Å². The highest BCUT2D eigenvalue weighted by Crippen LogP contribution is 2.13. The predicted octanol–water partition coefficient (Wildman–Crippen LogP) is 2.82. The number of rotatable bonds is 6. The fourth-order valence-electron chi connectivity index (χ4n) is 1.81. The van der Waals surface area contributed by atoms with Crippen LogP contribution in [0.4, 0.5) is 5.69 Å². The van der Waals surface area contributed by atoms with Crippen molar-refractivity contribution in [2.45, 2.75) is 0 Å². The number of halogens is 1. The van der Waals surface area contributed by atoms with E-state index in [0.29, 0.717) is 16.5 Å². The van der Waals surface area contributed by atoms with Crippen LogP contribution in [0.5, 0.6) is 5.75 Å². The predicted molar refractivity (Wildman–Crippen MR) is 89.7 cm³/mol. The van der Waals surface area contributed by atoms with Crippen molar-refractivity contribution in [2.75, 3.05) is 25.5 Å². The van der Waals surface area contributed by atoms with Gasteiger partial charge in [-0.15, -0.1) is 0 Å². The largest absolute Gasteiger partial charge is 0.484 e. The molecule has 0 aliphatic heterocycles. The third-order valence-electron chi connectivity index (χ3n) is 3.04. The normalized spacial score (nSPS) is 10.0. The molecule has 5 nitrogen and oxygen atoms in total. The summed E-state index contributed by atoms with van der Waals surface area (Å²) in [6, 6.07) is 15.8. The molecule has 0 radical (unpaired) electrons. The molecule has 0 atom stereocenters. The van der Waals surface area contributed by atoms with Gasteiger partial charge in [0.05, 0.1) is 6.54 Å². The third kappa shape index (κ3) is 5.64. The number of nitrogens with zero attached hydrogens (tertiary/aromatic N) is 1. The van der Waals surface area contributed by atoms with Gasteiger partial charge in [0.15, 0.2) is 6.61 Å². The van der Waals surface area contributed by atoms with Gasteiger partial charge >= 0.3 is 0 Å². The van der Waals surface area contributed by atoms with Crippen molar-refractivity contribution < 1.29 is 14.3 Å². The molecule has 0 saturated carbocycles. The molecular weight excluding hydrogens is 316 g/mol. The van der Waals surface area contributed by atoms with Crippen LogP contribution in [0.2, 0.25) is 5.02 Å². The van der Waals surface area contributed by atoms with Gasteiger partial charge in [0, 0.05) is 17.8 Å². The van der Waals surface area contributed by atoms with E-state index in [9.17, 15) is 9.59 Å². The molecule has 0 fully saturated rings. The van der Waals surface area contributed by atoms with E-state index in [-0.39, 0.29) is 25.0 Å². The number of hydrogen-bond acceptors (Lipinski definition) is 3. The Balaban J connectivity index is 1.78. The van der Waals surface area contributed by atoms with Gasteiger partial charge in [-0.3, -0.25) is 9.59 Å². The van der Waals surface area contributed by atoms with E-state index in [1.165, 1.54) is 4.90 Å². The van der Waals surface area contributed by atoms with Gasteiger partial charge < -0.3 is 15.0 Å². The maximum Gasteiger partial charge on any atom is 0.260 e. The molecule has 6 heteroatoms. The minimum Gasteiger partial charge on any atom is -0.484 e. The number of anilines is 1. The maximum absolute atomic E-state index is 12.0. The Hall–Kier alpha value is -2.53. The summed E-state index contributed by atoms with van der Waals surface area (Å²) in [6.45, 7) is -0.172. The second kappa shape index (κ2) is 8.19. The molecule has 2 amide bonds. The molecule has 0 aliphatic rings. The number of likely N-dealkylation sites (N-methyl/N-ethyl adjacent to an activating group) is 1. The van der Waals surface area contributed by atoms with Crippen molar-refractivity contribution in [3.05, 3.63) is 59.6 Å². The zero-order chi connectivity index (χ0) is 16.7. The Bertz CT molecular complexity index is 659. The van der Waals surface area contributed by atoms with Crippen molar-refractivity contribution >= 4 is 29.1 Å². The van der Waals surface area contributed by atoms with E-state index < -0.39 is 0 Å². The van der Waals surface area contributed by atoms with Crippen LogP contribution in [0, 0.1) is 0 Å². The lowest BCUT2D eigenvalue weighted by molar-refractivity contribution is -0.135. The van der Waals surface area contributed by atoms with E-state index in [0.717, 1.165) is 0 Å². The Kier molecular flexibility index (Phi) is 6.00. The molecule has 23 heavy (non-hydrogen) atoms. The molecule has 0 saturated heterocycles. The second-order valence-electron chi connectivity index (χ2n) is 4.91. The molecule has 0 aromatic heterocycles. The minimum absolute atomic E-state index is 0.0559. The van der Waals surface area contributed by atoms with Crippen molar-refractivity contribution in [1.29, 1.82) is 0 Å². The zero-order valence-corrected chi connectivity index (χ0v) is 13.4. The first kappa shape index (κ1) is 16.8. The lowest BCUT2D eigenvalue weighted by Crippen LogP contribution is -2.37. The second-order valence-corrected chi connectivity index (χ2v) is 5.34. The summed E-state index contributed by atoms with van der Waals surface area (Å²) in [5.41, 5.74) is 0.626. The van der Waals surface area contributed by atoms with Gasteiger partial charge in [0.25, 0.3) is 5.91 Å². The summed E-state index contributed by atoms with van der Waals surface area (Å²) in [7, 11) is 1.55. The smallest absolute Gasteiger partial charge is 0.260 e. The van der Waals surface area contributed by atoms with Gasteiger partial charge in [-0.2, -0.15) is 0 Å². The number of hydrogen-bond donors (Lipinski definition) is 1. The highest BCUT2D eigenvalue weighted by Gasteiger charge is 2.13. The first-order valence-corrected chi connectivity index (χ1v) is 7.39. The van der Waals surface area contributed by atoms with Crippen molar-refractivity contribution in [3.8, 4) is 5.75 Å². The lowest BCUT2D eigenvalue weighted by atomic mass is 10.3. The Morgan fingerprint density at radius 2 is 1.74 bits per heavy atom. The first-order chi connectivity index (χ1) is 11.0. The molecule has 0 aliphatic carbocycles. The standard InChI is InChI=1S/C17H17ClN2O3/c1-20(17(22)12-23-15-5-3-2-4-6-15)11-16(21)19-14-9-7-13(18)8-10-14/h2-10H,11-12H2,1H3,(H,19,21). The van der Waals surface area contributed by atoms with Gasteiger partial charge in [-0.1, -0.05) is 29.8 Å². The fourth-order valence-corrected chi connectivity index (χ4v) is 1.94. The Morgan fingerprint density at radius 3 is 2.39 bits per heavy atom. The third-order valence-corrected chi connectivity index (χ3v) is 3.29. The van der Waals surface area contributed by atoms with Crippen LogP contribution < -0.4 is 10.1 Å². The lowest BCUT2D eigenvalue weighted by Gasteiger charge is -2.17. The van der Waals surface area contributed by atoms with E-state index in [1.54, 1.807) is 43.4 Å². The van der Waals surface area contributed by atoms with E-state index in [4.69, 9.17) is 16.3 Å². The summed E-state index contributed by atoms with van der Waals surface area (Å²) in [4.78, 5) is 25.2. The Morgan fingerprint density at radius 1 is 1.09 bits per heavy atom. The monoisotopic (exact) mass is 332 g/mol. The van der Waals surface area contributed by atoms with Crippen LogP contribution in [0.25, 0.3) is 0 Å².